The number of hydrogen-bond donors (Lipinski definition) is 1. The highest BCUT2D eigenvalue weighted by molar-refractivity contribution is 6.51. The minimum absolute atomic E-state index is 0.0501. The first-order chi connectivity index (χ1) is 16.9. The van der Waals surface area contributed by atoms with Crippen molar-refractivity contribution in [3.63, 3.8) is 0 Å². The maximum Gasteiger partial charge on any atom is 0.300 e. The summed E-state index contributed by atoms with van der Waals surface area (Å²) in [6.45, 7) is 7.12. The van der Waals surface area contributed by atoms with Crippen molar-refractivity contribution in [2.75, 3.05) is 18.1 Å². The van der Waals surface area contributed by atoms with Crippen LogP contribution in [0.5, 0.6) is 11.5 Å². The summed E-state index contributed by atoms with van der Waals surface area (Å²) in [4.78, 5) is 27.8. The zero-order valence-corrected chi connectivity index (χ0v) is 20.1. The number of amides is 1. The fourth-order valence-corrected chi connectivity index (χ4v) is 3.91. The molecule has 4 rings (SSSR count). The minimum Gasteiger partial charge on any atom is -0.507 e. The van der Waals surface area contributed by atoms with Crippen LogP contribution in [0.25, 0.3) is 5.76 Å². The van der Waals surface area contributed by atoms with E-state index in [1.807, 2.05) is 20.8 Å². The summed E-state index contributed by atoms with van der Waals surface area (Å²) >= 11 is 0. The number of aliphatic hydroxyl groups is 1. The van der Waals surface area contributed by atoms with Crippen LogP contribution in [0.15, 0.2) is 76.9 Å². The van der Waals surface area contributed by atoms with Gasteiger partial charge in [0.1, 0.15) is 29.1 Å². The van der Waals surface area contributed by atoms with Crippen LogP contribution in [0.1, 0.15) is 44.6 Å². The molecule has 0 saturated carbocycles. The molecule has 1 unspecified atom stereocenters. The first-order valence-corrected chi connectivity index (χ1v) is 11.7. The lowest BCUT2D eigenvalue weighted by Gasteiger charge is -2.24. The second-order valence-electron chi connectivity index (χ2n) is 8.76. The number of Topliss-reactive ketones (excluding diaryl/α,β-unsaturated/α-hetero) is 1. The van der Waals surface area contributed by atoms with Gasteiger partial charge in [-0.05, 0) is 48.7 Å². The number of anilines is 1. The largest absolute Gasteiger partial charge is 0.507 e. The number of carbonyl (C=O) groups is 2. The molecule has 2 aromatic carbocycles. The number of furan rings is 1. The number of nitrogens with zero attached hydrogens (tertiary/aromatic N) is 1. The highest BCUT2D eigenvalue weighted by Crippen LogP contribution is 2.43. The Morgan fingerprint density at radius 2 is 1.77 bits per heavy atom. The average molecular weight is 476 g/mol. The highest BCUT2D eigenvalue weighted by Gasteiger charge is 2.48. The van der Waals surface area contributed by atoms with Crippen LogP contribution in [-0.2, 0) is 9.59 Å². The van der Waals surface area contributed by atoms with Crippen LogP contribution in [0.4, 0.5) is 5.69 Å². The summed E-state index contributed by atoms with van der Waals surface area (Å²) < 4.78 is 17.1. The topological polar surface area (TPSA) is 89.2 Å². The summed E-state index contributed by atoms with van der Waals surface area (Å²) in [5.41, 5.74) is 0.793. The van der Waals surface area contributed by atoms with Gasteiger partial charge in [-0.1, -0.05) is 39.0 Å². The molecule has 2 heterocycles. The van der Waals surface area contributed by atoms with Crippen LogP contribution in [0.3, 0.4) is 0 Å². The fourth-order valence-electron chi connectivity index (χ4n) is 3.91. The van der Waals surface area contributed by atoms with Crippen molar-refractivity contribution in [1.82, 2.24) is 0 Å². The molecule has 1 amide bonds. The summed E-state index contributed by atoms with van der Waals surface area (Å²) in [6, 6.07) is 16.2. The third-order valence-electron chi connectivity index (χ3n) is 5.52. The van der Waals surface area contributed by atoms with E-state index in [1.54, 1.807) is 60.7 Å². The van der Waals surface area contributed by atoms with Crippen molar-refractivity contribution < 1.29 is 28.6 Å². The molecular formula is C28H29NO6. The van der Waals surface area contributed by atoms with E-state index in [0.29, 0.717) is 47.6 Å². The summed E-state index contributed by atoms with van der Waals surface area (Å²) in [6.07, 6.45) is 2.30. The fraction of sp³-hybridized carbons (Fsp3) is 0.286. The SMILES string of the molecule is CCCOc1cccc(N2C(=O)C(=O)/C(=C(\O)c3cccc(OCC(C)C)c3)C2c2ccco2)c1. The van der Waals surface area contributed by atoms with Crippen molar-refractivity contribution in [3.8, 4) is 11.5 Å². The van der Waals surface area contributed by atoms with Crippen LogP contribution in [0, 0.1) is 5.92 Å². The van der Waals surface area contributed by atoms with Crippen molar-refractivity contribution in [2.45, 2.75) is 33.2 Å². The normalized spacial score (nSPS) is 17.3. The zero-order chi connectivity index (χ0) is 24.9. The Bertz CT molecular complexity index is 1230. The maximum atomic E-state index is 13.3. The lowest BCUT2D eigenvalue weighted by Crippen LogP contribution is -2.29. The Hall–Kier alpha value is -4.00. The first kappa shape index (κ1) is 24.1. The predicted molar refractivity (Wildman–Crippen MR) is 132 cm³/mol. The van der Waals surface area contributed by atoms with Gasteiger partial charge in [-0.2, -0.15) is 0 Å². The molecule has 35 heavy (non-hydrogen) atoms. The second-order valence-corrected chi connectivity index (χ2v) is 8.76. The molecule has 1 aromatic heterocycles. The molecule has 1 fully saturated rings. The molecule has 7 heteroatoms. The van der Waals surface area contributed by atoms with Gasteiger partial charge < -0.3 is 19.0 Å². The standard InChI is InChI=1S/C28H29NO6/c1-4-13-33-22-11-6-9-20(16-22)29-25(23-12-7-14-34-23)24(27(31)28(29)32)26(30)19-8-5-10-21(15-19)35-17-18(2)3/h5-12,14-16,18,25,30H,4,13,17H2,1-3H3/b26-24-. The van der Waals surface area contributed by atoms with Crippen molar-refractivity contribution in [2.24, 2.45) is 5.92 Å². The number of hydrogen-bond acceptors (Lipinski definition) is 6. The lowest BCUT2D eigenvalue weighted by molar-refractivity contribution is -0.132. The lowest BCUT2D eigenvalue weighted by atomic mass is 9.99. The molecule has 1 N–H and O–H groups in total. The van der Waals surface area contributed by atoms with Crippen molar-refractivity contribution in [1.29, 1.82) is 0 Å². The van der Waals surface area contributed by atoms with Gasteiger partial charge in [-0.15, -0.1) is 0 Å². The molecule has 0 aliphatic carbocycles. The number of rotatable bonds is 9. The van der Waals surface area contributed by atoms with Gasteiger partial charge in [0, 0.05) is 17.3 Å². The molecule has 0 spiro atoms. The molecule has 1 aliphatic rings. The van der Waals surface area contributed by atoms with Gasteiger partial charge in [-0.25, -0.2) is 0 Å². The molecular weight excluding hydrogens is 446 g/mol. The monoisotopic (exact) mass is 475 g/mol. The van der Waals surface area contributed by atoms with E-state index in [4.69, 9.17) is 13.9 Å². The Balaban J connectivity index is 1.79. The molecule has 182 valence electrons. The molecule has 0 radical (unpaired) electrons. The van der Waals surface area contributed by atoms with Gasteiger partial charge in [0.05, 0.1) is 25.1 Å². The average Bonchev–Trinajstić information content (AvgIpc) is 3.48. The van der Waals surface area contributed by atoms with Crippen LogP contribution in [-0.4, -0.2) is 30.0 Å². The zero-order valence-electron chi connectivity index (χ0n) is 20.1. The number of aliphatic hydroxyl groups excluding tert-OH is 1. The minimum atomic E-state index is -0.938. The van der Waals surface area contributed by atoms with Gasteiger partial charge in [0.25, 0.3) is 11.7 Å². The van der Waals surface area contributed by atoms with Gasteiger partial charge in [-0.3, -0.25) is 14.5 Å². The molecule has 0 bridgehead atoms. The number of ketones is 1. The molecule has 3 aromatic rings. The highest BCUT2D eigenvalue weighted by atomic mass is 16.5. The summed E-state index contributed by atoms with van der Waals surface area (Å²) in [7, 11) is 0. The van der Waals surface area contributed by atoms with E-state index in [2.05, 4.69) is 0 Å². The Morgan fingerprint density at radius 1 is 1.03 bits per heavy atom. The van der Waals surface area contributed by atoms with Crippen LogP contribution >= 0.6 is 0 Å². The number of benzene rings is 2. The van der Waals surface area contributed by atoms with E-state index >= 15 is 0 Å². The van der Waals surface area contributed by atoms with E-state index < -0.39 is 17.7 Å². The smallest absolute Gasteiger partial charge is 0.300 e. The third kappa shape index (κ3) is 5.09. The van der Waals surface area contributed by atoms with Crippen molar-refractivity contribution in [3.05, 3.63) is 83.8 Å². The number of carbonyl (C=O) groups excluding carboxylic acids is 2. The van der Waals surface area contributed by atoms with E-state index in [1.165, 1.54) is 11.2 Å². The van der Waals surface area contributed by atoms with Gasteiger partial charge in [0.15, 0.2) is 0 Å². The van der Waals surface area contributed by atoms with E-state index in [-0.39, 0.29) is 11.3 Å². The van der Waals surface area contributed by atoms with Gasteiger partial charge >= 0.3 is 0 Å². The van der Waals surface area contributed by atoms with Gasteiger partial charge in [0.2, 0.25) is 0 Å². The molecule has 7 nitrogen and oxygen atoms in total. The second kappa shape index (κ2) is 10.5. The Morgan fingerprint density at radius 3 is 2.46 bits per heavy atom. The molecule has 1 atom stereocenters. The Labute approximate surface area is 204 Å². The van der Waals surface area contributed by atoms with Crippen LogP contribution in [0.2, 0.25) is 0 Å². The predicted octanol–water partition coefficient (Wildman–Crippen LogP) is 5.73. The molecule has 1 saturated heterocycles. The Kier molecular flexibility index (Phi) is 7.25. The third-order valence-corrected chi connectivity index (χ3v) is 5.52. The summed E-state index contributed by atoms with van der Waals surface area (Å²) in [5.74, 6) is -0.0103. The summed E-state index contributed by atoms with van der Waals surface area (Å²) in [5, 5.41) is 11.3. The van der Waals surface area contributed by atoms with E-state index in [0.717, 1.165) is 6.42 Å². The quantitative estimate of drug-likeness (QED) is 0.242. The maximum absolute atomic E-state index is 13.3. The van der Waals surface area contributed by atoms with E-state index in [9.17, 15) is 14.7 Å². The van der Waals surface area contributed by atoms with Crippen LogP contribution < -0.4 is 14.4 Å². The van der Waals surface area contributed by atoms with Crippen molar-refractivity contribution >= 4 is 23.1 Å². The molecule has 1 aliphatic heterocycles. The number of ether oxygens (including phenoxy) is 2. The first-order valence-electron chi connectivity index (χ1n) is 11.7.